The van der Waals surface area contributed by atoms with E-state index in [1.165, 1.54) is 16.4 Å². The lowest BCUT2D eigenvalue weighted by atomic mass is 10.1. The number of benzene rings is 3. The van der Waals surface area contributed by atoms with Crippen LogP contribution in [0, 0.1) is 17.0 Å². The van der Waals surface area contributed by atoms with Gasteiger partial charge >= 0.3 is 0 Å². The summed E-state index contributed by atoms with van der Waals surface area (Å²) >= 11 is 0. The van der Waals surface area contributed by atoms with Crippen LogP contribution in [0.5, 0.6) is 0 Å². The number of sulfonamides is 1. The fourth-order valence-corrected chi connectivity index (χ4v) is 5.03. The van der Waals surface area contributed by atoms with Crippen molar-refractivity contribution in [2.75, 3.05) is 18.1 Å². The van der Waals surface area contributed by atoms with Gasteiger partial charge in [0.1, 0.15) is 0 Å². The Morgan fingerprint density at radius 3 is 2.17 bits per heavy atom. The van der Waals surface area contributed by atoms with Crippen LogP contribution in [0.25, 0.3) is 0 Å². The first-order valence-corrected chi connectivity index (χ1v) is 10.9. The monoisotopic (exact) mass is 423 g/mol. The molecule has 4 rings (SSSR count). The Kier molecular flexibility index (Phi) is 5.27. The number of non-ortho nitro benzene ring substituents is 1. The van der Waals surface area contributed by atoms with Crippen LogP contribution >= 0.6 is 0 Å². The highest BCUT2D eigenvalue weighted by Gasteiger charge is 2.38. The summed E-state index contributed by atoms with van der Waals surface area (Å²) in [5.74, 6) is 0. The number of nitro groups is 1. The molecule has 0 bridgehead atoms. The summed E-state index contributed by atoms with van der Waals surface area (Å²) in [6.45, 7) is 2.36. The minimum absolute atomic E-state index is 0.00154. The second kappa shape index (κ2) is 7.89. The first-order valence-electron chi connectivity index (χ1n) is 9.49. The van der Waals surface area contributed by atoms with E-state index in [2.05, 4.69) is 0 Å². The van der Waals surface area contributed by atoms with Crippen molar-refractivity contribution in [2.45, 2.75) is 17.9 Å². The van der Waals surface area contributed by atoms with E-state index in [1.54, 1.807) is 36.4 Å². The Hall–Kier alpha value is -3.23. The highest BCUT2D eigenvalue weighted by atomic mass is 32.2. The lowest BCUT2D eigenvalue weighted by Crippen LogP contribution is -2.31. The summed E-state index contributed by atoms with van der Waals surface area (Å²) in [4.78, 5) is 12.8. The van der Waals surface area contributed by atoms with Crippen LogP contribution in [0.3, 0.4) is 0 Å². The van der Waals surface area contributed by atoms with Gasteiger partial charge in [0.15, 0.2) is 0 Å². The van der Waals surface area contributed by atoms with Crippen molar-refractivity contribution in [3.63, 3.8) is 0 Å². The molecular weight excluding hydrogens is 402 g/mol. The zero-order chi connectivity index (χ0) is 21.3. The molecule has 0 saturated carbocycles. The minimum Gasteiger partial charge on any atom is -0.349 e. The fraction of sp³-hybridized carbons (Fsp3) is 0.182. The summed E-state index contributed by atoms with van der Waals surface area (Å²) in [6, 6.07) is 22.5. The predicted molar refractivity (Wildman–Crippen MR) is 115 cm³/mol. The molecule has 1 saturated heterocycles. The van der Waals surface area contributed by atoms with Crippen LogP contribution < -0.4 is 4.90 Å². The maximum Gasteiger partial charge on any atom is 0.269 e. The largest absolute Gasteiger partial charge is 0.349 e. The van der Waals surface area contributed by atoms with Crippen molar-refractivity contribution < 1.29 is 13.3 Å². The first kappa shape index (κ1) is 20.1. The zero-order valence-corrected chi connectivity index (χ0v) is 17.2. The Labute approximate surface area is 175 Å². The Morgan fingerprint density at radius 2 is 1.57 bits per heavy atom. The molecule has 1 aliphatic rings. The second-order valence-corrected chi connectivity index (χ2v) is 9.20. The summed E-state index contributed by atoms with van der Waals surface area (Å²) < 4.78 is 28.0. The second-order valence-electron chi connectivity index (χ2n) is 7.26. The number of rotatable bonds is 5. The van der Waals surface area contributed by atoms with Gasteiger partial charge in [-0.05, 0) is 36.8 Å². The van der Waals surface area contributed by atoms with E-state index in [4.69, 9.17) is 0 Å². The molecule has 1 aliphatic heterocycles. The average Bonchev–Trinajstić information content (AvgIpc) is 3.21. The van der Waals surface area contributed by atoms with E-state index in [1.807, 2.05) is 42.2 Å². The molecule has 1 fully saturated rings. The molecule has 1 unspecified atom stereocenters. The van der Waals surface area contributed by atoms with E-state index < -0.39 is 14.9 Å². The van der Waals surface area contributed by atoms with Crippen molar-refractivity contribution in [3.8, 4) is 0 Å². The topological polar surface area (TPSA) is 83.8 Å². The van der Waals surface area contributed by atoms with Gasteiger partial charge in [-0.3, -0.25) is 10.1 Å². The highest BCUT2D eigenvalue weighted by molar-refractivity contribution is 7.89. The highest BCUT2D eigenvalue weighted by Crippen LogP contribution is 2.36. The molecule has 3 aromatic carbocycles. The maximum atomic E-state index is 13.3. The number of hydrogen-bond donors (Lipinski definition) is 0. The van der Waals surface area contributed by atoms with E-state index in [0.29, 0.717) is 0 Å². The quantitative estimate of drug-likeness (QED) is 0.455. The molecule has 1 heterocycles. The maximum absolute atomic E-state index is 13.3. The van der Waals surface area contributed by atoms with Crippen LogP contribution in [0.4, 0.5) is 11.4 Å². The summed E-state index contributed by atoms with van der Waals surface area (Å²) in [5, 5.41) is 11.0. The van der Waals surface area contributed by atoms with E-state index in [9.17, 15) is 18.5 Å². The zero-order valence-electron chi connectivity index (χ0n) is 16.4. The summed E-state index contributed by atoms with van der Waals surface area (Å²) in [7, 11) is -3.68. The number of nitrogens with zero attached hydrogens (tertiary/aromatic N) is 3. The third-order valence-electron chi connectivity index (χ3n) is 5.30. The van der Waals surface area contributed by atoms with Crippen molar-refractivity contribution >= 4 is 21.4 Å². The first-order chi connectivity index (χ1) is 14.4. The summed E-state index contributed by atoms with van der Waals surface area (Å²) in [5.41, 5.74) is 2.71. The predicted octanol–water partition coefficient (Wildman–Crippen LogP) is 4.11. The van der Waals surface area contributed by atoms with Gasteiger partial charge in [-0.25, -0.2) is 8.42 Å². The van der Waals surface area contributed by atoms with Gasteiger partial charge in [-0.2, -0.15) is 4.31 Å². The van der Waals surface area contributed by atoms with Crippen LogP contribution in [-0.2, 0) is 10.0 Å². The molecule has 0 radical (unpaired) electrons. The molecule has 7 nitrogen and oxygen atoms in total. The molecule has 30 heavy (non-hydrogen) atoms. The van der Waals surface area contributed by atoms with Crippen LogP contribution in [0.2, 0.25) is 0 Å². The van der Waals surface area contributed by atoms with E-state index >= 15 is 0 Å². The lowest BCUT2D eigenvalue weighted by Gasteiger charge is -2.25. The van der Waals surface area contributed by atoms with Crippen LogP contribution in [-0.4, -0.2) is 30.9 Å². The smallest absolute Gasteiger partial charge is 0.269 e. The van der Waals surface area contributed by atoms with Gasteiger partial charge in [0.2, 0.25) is 10.0 Å². The van der Waals surface area contributed by atoms with Gasteiger partial charge in [-0.1, -0.05) is 48.0 Å². The number of nitro benzene ring substituents is 1. The fourth-order valence-electron chi connectivity index (χ4n) is 3.64. The Bertz CT molecular complexity index is 1150. The van der Waals surface area contributed by atoms with Crippen molar-refractivity contribution in [2.24, 2.45) is 0 Å². The molecular formula is C22H21N3O4S. The molecule has 0 spiro atoms. The van der Waals surface area contributed by atoms with Gasteiger partial charge < -0.3 is 4.90 Å². The molecule has 3 aromatic rings. The molecule has 8 heteroatoms. The SMILES string of the molecule is Cc1ccc(S(=O)(=O)N2CC(c3ccccc3)N(c3ccc([N+](=O)[O-])cc3)C2)cc1. The number of hydrogen-bond acceptors (Lipinski definition) is 5. The number of anilines is 1. The van der Waals surface area contributed by atoms with Crippen molar-refractivity contribution in [1.82, 2.24) is 4.31 Å². The standard InChI is InChI=1S/C22H21N3O4S/c1-17-7-13-21(14-8-17)30(28,29)23-15-22(18-5-3-2-4-6-18)24(16-23)19-9-11-20(12-10-19)25(26)27/h2-14,22H,15-16H2,1H3. The molecule has 154 valence electrons. The lowest BCUT2D eigenvalue weighted by molar-refractivity contribution is -0.384. The molecule has 1 atom stereocenters. The third kappa shape index (κ3) is 3.79. The Balaban J connectivity index is 1.70. The van der Waals surface area contributed by atoms with Gasteiger partial charge in [0.25, 0.3) is 5.69 Å². The van der Waals surface area contributed by atoms with Crippen molar-refractivity contribution in [3.05, 3.63) is 100 Å². The Morgan fingerprint density at radius 1 is 0.933 bits per heavy atom. The van der Waals surface area contributed by atoms with Gasteiger partial charge in [0.05, 0.1) is 22.5 Å². The number of aryl methyl sites for hydroxylation is 1. The van der Waals surface area contributed by atoms with Gasteiger partial charge in [-0.15, -0.1) is 0 Å². The molecule has 0 amide bonds. The third-order valence-corrected chi connectivity index (χ3v) is 7.11. The average molecular weight is 423 g/mol. The normalized spacial score (nSPS) is 17.2. The van der Waals surface area contributed by atoms with E-state index in [0.717, 1.165) is 16.8 Å². The van der Waals surface area contributed by atoms with Gasteiger partial charge in [0, 0.05) is 24.4 Å². The minimum atomic E-state index is -3.68. The van der Waals surface area contributed by atoms with Crippen molar-refractivity contribution in [1.29, 1.82) is 0 Å². The molecule has 0 aliphatic carbocycles. The molecule has 0 N–H and O–H groups in total. The molecule has 0 aromatic heterocycles. The summed E-state index contributed by atoms with van der Waals surface area (Å²) in [6.07, 6.45) is 0. The van der Waals surface area contributed by atoms with Crippen LogP contribution in [0.1, 0.15) is 17.2 Å². The van der Waals surface area contributed by atoms with E-state index in [-0.39, 0.29) is 29.8 Å². The van der Waals surface area contributed by atoms with Crippen LogP contribution in [0.15, 0.2) is 83.8 Å².